The van der Waals surface area contributed by atoms with Crippen LogP contribution in [0, 0.1) is 0 Å². The van der Waals surface area contributed by atoms with Crippen LogP contribution in [0.25, 0.3) is 11.2 Å². The van der Waals surface area contributed by atoms with E-state index in [-0.39, 0.29) is 34.1 Å². The summed E-state index contributed by atoms with van der Waals surface area (Å²) in [6.45, 7) is -0.477. The lowest BCUT2D eigenvalue weighted by atomic mass is 10.1. The van der Waals surface area contributed by atoms with Gasteiger partial charge in [-0.2, -0.15) is 0 Å². The standard InChI is InChI=1S/C17H18N6O5/c18-8-4-2-1-3-7(8)11(25)15-21-14(19)10-16(22-15)23(6-20-10)17-13(27)12(26)9(5-24)28-17/h1-4,6,9,12-13,17,24,26-27H,5,18H2,(H2,19,21,22)/t9-,12?,13?,17-/m1/s1. The zero-order chi connectivity index (χ0) is 20.0. The molecule has 28 heavy (non-hydrogen) atoms. The number of ether oxygens (including phenoxy) is 1. The number of hydrogen-bond acceptors (Lipinski definition) is 10. The summed E-state index contributed by atoms with van der Waals surface area (Å²) in [5.41, 5.74) is 12.6. The number of rotatable bonds is 4. The fraction of sp³-hybridized carbons (Fsp3) is 0.294. The Bertz CT molecular complexity index is 1050. The lowest BCUT2D eigenvalue weighted by molar-refractivity contribution is -0.0511. The second-order valence-electron chi connectivity index (χ2n) is 6.40. The Morgan fingerprint density at radius 2 is 1.93 bits per heavy atom. The molecule has 1 aliphatic heterocycles. The number of aromatic nitrogens is 4. The molecule has 146 valence electrons. The number of nitrogens with zero attached hydrogens (tertiary/aromatic N) is 4. The first-order valence-corrected chi connectivity index (χ1v) is 8.44. The molecule has 3 heterocycles. The minimum Gasteiger partial charge on any atom is -0.398 e. The Morgan fingerprint density at radius 3 is 2.61 bits per heavy atom. The maximum absolute atomic E-state index is 12.8. The van der Waals surface area contributed by atoms with E-state index in [1.807, 2.05) is 0 Å². The highest BCUT2D eigenvalue weighted by atomic mass is 16.6. The van der Waals surface area contributed by atoms with Crippen LogP contribution in [0.1, 0.15) is 22.4 Å². The SMILES string of the molecule is Nc1ccccc1C(=O)c1nc(N)c2ncn([C@@H]3O[C@H](CO)C(O)C3O)c2n1. The van der Waals surface area contributed by atoms with Crippen LogP contribution in [0.4, 0.5) is 11.5 Å². The number of anilines is 2. The Hall–Kier alpha value is -3.12. The van der Waals surface area contributed by atoms with Gasteiger partial charge in [-0.1, -0.05) is 12.1 Å². The Kier molecular flexibility index (Phi) is 4.43. The summed E-state index contributed by atoms with van der Waals surface area (Å²) in [6.07, 6.45) is -3.37. The molecule has 0 spiro atoms. The second-order valence-corrected chi connectivity index (χ2v) is 6.40. The number of imidazole rings is 1. The normalized spacial score (nSPS) is 24.7. The zero-order valence-electron chi connectivity index (χ0n) is 14.5. The number of ketones is 1. The highest BCUT2D eigenvalue weighted by Gasteiger charge is 2.44. The van der Waals surface area contributed by atoms with Gasteiger partial charge in [0.15, 0.2) is 17.7 Å². The van der Waals surface area contributed by atoms with Gasteiger partial charge in [-0.05, 0) is 12.1 Å². The summed E-state index contributed by atoms with van der Waals surface area (Å²) in [7, 11) is 0. The monoisotopic (exact) mass is 386 g/mol. The van der Waals surface area contributed by atoms with Gasteiger partial charge in [0.1, 0.15) is 23.8 Å². The van der Waals surface area contributed by atoms with Gasteiger partial charge in [-0.3, -0.25) is 9.36 Å². The van der Waals surface area contributed by atoms with Gasteiger partial charge in [0.05, 0.1) is 12.9 Å². The Labute approximate surface area is 158 Å². The maximum Gasteiger partial charge on any atom is 0.232 e. The van der Waals surface area contributed by atoms with Crippen molar-refractivity contribution < 1.29 is 24.9 Å². The van der Waals surface area contributed by atoms with Crippen LogP contribution in [0.5, 0.6) is 0 Å². The Balaban J connectivity index is 1.80. The van der Waals surface area contributed by atoms with E-state index in [4.69, 9.17) is 16.2 Å². The van der Waals surface area contributed by atoms with E-state index in [0.717, 1.165) is 0 Å². The van der Waals surface area contributed by atoms with Gasteiger partial charge >= 0.3 is 0 Å². The third-order valence-electron chi connectivity index (χ3n) is 4.65. The summed E-state index contributed by atoms with van der Waals surface area (Å²) in [5, 5.41) is 29.5. The molecule has 7 N–H and O–H groups in total. The zero-order valence-corrected chi connectivity index (χ0v) is 14.5. The van der Waals surface area contributed by atoms with Crippen LogP contribution in [-0.2, 0) is 4.74 Å². The minimum absolute atomic E-state index is 0.0339. The largest absolute Gasteiger partial charge is 0.398 e. The quantitative estimate of drug-likeness (QED) is 0.270. The number of carbonyl (C=O) groups excluding carboxylic acids is 1. The summed E-state index contributed by atoms with van der Waals surface area (Å²) in [4.78, 5) is 25.1. The van der Waals surface area contributed by atoms with Gasteiger partial charge in [-0.15, -0.1) is 0 Å². The summed E-state index contributed by atoms with van der Waals surface area (Å²) in [6, 6.07) is 6.49. The van der Waals surface area contributed by atoms with Gasteiger partial charge in [0, 0.05) is 11.3 Å². The number of hydrogen-bond donors (Lipinski definition) is 5. The van der Waals surface area contributed by atoms with Gasteiger partial charge in [-0.25, -0.2) is 15.0 Å². The maximum atomic E-state index is 12.8. The smallest absolute Gasteiger partial charge is 0.232 e. The average Bonchev–Trinajstić information content (AvgIpc) is 3.23. The first kappa shape index (κ1) is 18.3. The number of para-hydroxylation sites is 1. The van der Waals surface area contributed by atoms with Crippen molar-refractivity contribution in [2.45, 2.75) is 24.5 Å². The topological polar surface area (TPSA) is 183 Å². The van der Waals surface area contributed by atoms with Crippen LogP contribution in [0.3, 0.4) is 0 Å². The highest BCUT2D eigenvalue weighted by molar-refractivity contribution is 6.10. The molecule has 2 aromatic heterocycles. The van der Waals surface area contributed by atoms with Gasteiger partial charge in [0.25, 0.3) is 0 Å². The molecule has 0 bridgehead atoms. The predicted molar refractivity (Wildman–Crippen MR) is 97.0 cm³/mol. The van der Waals surface area contributed by atoms with Crippen LogP contribution in [0.15, 0.2) is 30.6 Å². The summed E-state index contributed by atoms with van der Waals surface area (Å²) in [5.74, 6) is -0.759. The molecule has 1 saturated heterocycles. The number of nitrogen functional groups attached to an aromatic ring is 2. The molecule has 0 amide bonds. The Morgan fingerprint density at radius 1 is 1.18 bits per heavy atom. The third kappa shape index (κ3) is 2.77. The number of benzene rings is 1. The average molecular weight is 386 g/mol. The molecule has 0 radical (unpaired) electrons. The van der Waals surface area contributed by atoms with Crippen molar-refractivity contribution in [3.63, 3.8) is 0 Å². The summed E-state index contributed by atoms with van der Waals surface area (Å²) < 4.78 is 6.83. The first-order chi connectivity index (χ1) is 13.4. The fourth-order valence-corrected chi connectivity index (χ4v) is 3.16. The van der Waals surface area contributed by atoms with Crippen molar-refractivity contribution >= 4 is 28.5 Å². The van der Waals surface area contributed by atoms with Crippen LogP contribution >= 0.6 is 0 Å². The minimum atomic E-state index is -1.34. The van der Waals surface area contributed by atoms with E-state index < -0.39 is 36.9 Å². The van der Waals surface area contributed by atoms with Crippen LogP contribution in [-0.4, -0.2) is 65.5 Å². The molecule has 0 saturated carbocycles. The lowest BCUT2D eigenvalue weighted by Crippen LogP contribution is -2.33. The number of nitrogens with two attached hydrogens (primary N) is 2. The molecular formula is C17H18N6O5. The molecule has 4 rings (SSSR count). The number of carbonyl (C=O) groups is 1. The molecular weight excluding hydrogens is 368 g/mol. The molecule has 1 fully saturated rings. The van der Waals surface area contributed by atoms with Crippen molar-refractivity contribution in [1.82, 2.24) is 19.5 Å². The van der Waals surface area contributed by atoms with Crippen molar-refractivity contribution in [3.8, 4) is 0 Å². The molecule has 1 aliphatic rings. The molecule has 11 nitrogen and oxygen atoms in total. The predicted octanol–water partition coefficient (Wildman–Crippen LogP) is -1.17. The number of aliphatic hydroxyl groups excluding tert-OH is 3. The van der Waals surface area contributed by atoms with Crippen LogP contribution in [0.2, 0.25) is 0 Å². The highest BCUT2D eigenvalue weighted by Crippen LogP contribution is 2.32. The van der Waals surface area contributed by atoms with E-state index in [1.54, 1.807) is 24.3 Å². The van der Waals surface area contributed by atoms with E-state index in [0.29, 0.717) is 0 Å². The molecule has 3 aromatic rings. The molecule has 4 atom stereocenters. The van der Waals surface area contributed by atoms with Crippen LogP contribution < -0.4 is 11.5 Å². The third-order valence-corrected chi connectivity index (χ3v) is 4.65. The molecule has 1 aromatic carbocycles. The first-order valence-electron chi connectivity index (χ1n) is 8.44. The van der Waals surface area contributed by atoms with Crippen molar-refractivity contribution in [2.75, 3.05) is 18.1 Å². The van der Waals surface area contributed by atoms with Crippen molar-refractivity contribution in [1.29, 1.82) is 0 Å². The van der Waals surface area contributed by atoms with Gasteiger partial charge in [0.2, 0.25) is 11.6 Å². The molecule has 0 aliphatic carbocycles. The molecule has 11 heteroatoms. The number of aliphatic hydroxyl groups is 3. The summed E-state index contributed by atoms with van der Waals surface area (Å²) >= 11 is 0. The van der Waals surface area contributed by atoms with E-state index in [2.05, 4.69) is 15.0 Å². The van der Waals surface area contributed by atoms with Crippen molar-refractivity contribution in [3.05, 3.63) is 42.0 Å². The molecule has 2 unspecified atom stereocenters. The van der Waals surface area contributed by atoms with E-state index in [9.17, 15) is 20.1 Å². The van der Waals surface area contributed by atoms with Gasteiger partial charge < -0.3 is 31.5 Å². The lowest BCUT2D eigenvalue weighted by Gasteiger charge is -2.16. The second kappa shape index (κ2) is 6.80. The number of fused-ring (bicyclic) bond motifs is 1. The van der Waals surface area contributed by atoms with E-state index >= 15 is 0 Å². The van der Waals surface area contributed by atoms with Crippen molar-refractivity contribution in [2.24, 2.45) is 0 Å². The fourth-order valence-electron chi connectivity index (χ4n) is 3.16. The van der Waals surface area contributed by atoms with E-state index in [1.165, 1.54) is 10.9 Å².